The summed E-state index contributed by atoms with van der Waals surface area (Å²) in [7, 11) is 0. The maximum Gasteiger partial charge on any atom is 0.142 e. The van der Waals surface area contributed by atoms with Gasteiger partial charge in [0.2, 0.25) is 0 Å². The third-order valence-corrected chi connectivity index (χ3v) is 6.39. The molecule has 0 aliphatic heterocycles. The first-order chi connectivity index (χ1) is 9.70. The number of fused-ring (bicyclic) bond motifs is 1. The molecule has 21 heavy (non-hydrogen) atoms. The lowest BCUT2D eigenvalue weighted by atomic mass is 9.46. The lowest BCUT2D eigenvalue weighted by Gasteiger charge is -2.57. The Morgan fingerprint density at radius 1 is 1.14 bits per heavy atom. The highest BCUT2D eigenvalue weighted by Gasteiger charge is 2.57. The average molecular weight is 288 g/mol. The zero-order valence-electron chi connectivity index (χ0n) is 14.4. The molecule has 0 aromatic heterocycles. The van der Waals surface area contributed by atoms with Crippen molar-refractivity contribution in [2.75, 3.05) is 0 Å². The standard InChI is InChI=1S/C20H32O/c1-7-9-20(10-8-2)14-19(6)12-11-18(4,5)13-16(19)15(3)17(20)21/h7-8,15-16H,1-2,9-14H2,3-6H3/t15-,16-,19-/m1/s1. The number of Topliss-reactive ketones (excluding diaryl/α,β-unsaturated/α-hetero) is 1. The number of hydrogen-bond donors (Lipinski definition) is 0. The van der Waals surface area contributed by atoms with Crippen molar-refractivity contribution in [3.63, 3.8) is 0 Å². The van der Waals surface area contributed by atoms with Crippen LogP contribution in [0.15, 0.2) is 25.3 Å². The molecule has 3 atom stereocenters. The molecular weight excluding hydrogens is 256 g/mol. The molecule has 0 aromatic rings. The van der Waals surface area contributed by atoms with Gasteiger partial charge < -0.3 is 0 Å². The van der Waals surface area contributed by atoms with Crippen molar-refractivity contribution in [1.29, 1.82) is 0 Å². The van der Waals surface area contributed by atoms with Gasteiger partial charge >= 0.3 is 0 Å². The molecular formula is C20H32O. The lowest BCUT2D eigenvalue weighted by molar-refractivity contribution is -0.152. The highest BCUT2D eigenvalue weighted by molar-refractivity contribution is 5.88. The van der Waals surface area contributed by atoms with Crippen molar-refractivity contribution < 1.29 is 4.79 Å². The summed E-state index contributed by atoms with van der Waals surface area (Å²) in [6.07, 6.45) is 10.2. The second-order valence-corrected chi connectivity index (χ2v) is 8.72. The second kappa shape index (κ2) is 5.41. The van der Waals surface area contributed by atoms with Gasteiger partial charge in [-0.2, -0.15) is 0 Å². The van der Waals surface area contributed by atoms with E-state index in [4.69, 9.17) is 0 Å². The number of rotatable bonds is 4. The molecule has 0 saturated heterocycles. The van der Waals surface area contributed by atoms with Crippen LogP contribution in [-0.2, 0) is 4.79 Å². The van der Waals surface area contributed by atoms with Gasteiger partial charge in [0.1, 0.15) is 5.78 Å². The largest absolute Gasteiger partial charge is 0.299 e. The molecule has 0 spiro atoms. The van der Waals surface area contributed by atoms with E-state index in [0.717, 1.165) is 19.3 Å². The van der Waals surface area contributed by atoms with E-state index in [0.29, 0.717) is 22.5 Å². The molecule has 0 N–H and O–H groups in total. The van der Waals surface area contributed by atoms with E-state index in [1.807, 2.05) is 12.2 Å². The number of carbonyl (C=O) groups is 1. The van der Waals surface area contributed by atoms with E-state index in [-0.39, 0.29) is 11.3 Å². The van der Waals surface area contributed by atoms with E-state index in [1.165, 1.54) is 19.3 Å². The molecule has 1 nitrogen and oxygen atoms in total. The van der Waals surface area contributed by atoms with Crippen LogP contribution in [0, 0.1) is 28.1 Å². The molecule has 1 heteroatoms. The summed E-state index contributed by atoms with van der Waals surface area (Å²) in [4.78, 5) is 13.1. The molecule has 2 saturated carbocycles. The van der Waals surface area contributed by atoms with Crippen LogP contribution in [0.3, 0.4) is 0 Å². The smallest absolute Gasteiger partial charge is 0.142 e. The summed E-state index contributed by atoms with van der Waals surface area (Å²) in [5, 5.41) is 0. The van der Waals surface area contributed by atoms with Crippen LogP contribution in [0.4, 0.5) is 0 Å². The van der Waals surface area contributed by atoms with Gasteiger partial charge in [0.15, 0.2) is 0 Å². The predicted molar refractivity (Wildman–Crippen MR) is 90.1 cm³/mol. The van der Waals surface area contributed by atoms with E-state index in [2.05, 4.69) is 40.9 Å². The summed E-state index contributed by atoms with van der Waals surface area (Å²) < 4.78 is 0. The van der Waals surface area contributed by atoms with Gasteiger partial charge in [0.05, 0.1) is 0 Å². The quantitative estimate of drug-likeness (QED) is 0.618. The van der Waals surface area contributed by atoms with Gasteiger partial charge in [-0.15, -0.1) is 13.2 Å². The molecule has 0 heterocycles. The van der Waals surface area contributed by atoms with E-state index < -0.39 is 0 Å². The first kappa shape index (κ1) is 16.5. The first-order valence-electron chi connectivity index (χ1n) is 8.46. The normalized spacial score (nSPS) is 37.6. The maximum atomic E-state index is 13.1. The van der Waals surface area contributed by atoms with Gasteiger partial charge in [-0.3, -0.25) is 4.79 Å². The number of ketones is 1. The van der Waals surface area contributed by atoms with E-state index >= 15 is 0 Å². The number of hydrogen-bond acceptors (Lipinski definition) is 1. The van der Waals surface area contributed by atoms with Gasteiger partial charge in [0, 0.05) is 11.3 Å². The number of carbonyl (C=O) groups excluding carboxylic acids is 1. The van der Waals surface area contributed by atoms with Crippen LogP contribution in [0.5, 0.6) is 0 Å². The van der Waals surface area contributed by atoms with Crippen molar-refractivity contribution >= 4 is 5.78 Å². The van der Waals surface area contributed by atoms with Gasteiger partial charge in [-0.05, 0) is 55.3 Å². The lowest BCUT2D eigenvalue weighted by Crippen LogP contribution is -2.54. The van der Waals surface area contributed by atoms with Crippen LogP contribution < -0.4 is 0 Å². The Morgan fingerprint density at radius 2 is 1.71 bits per heavy atom. The van der Waals surface area contributed by atoms with Crippen molar-refractivity contribution in [1.82, 2.24) is 0 Å². The molecule has 2 rings (SSSR count). The van der Waals surface area contributed by atoms with Gasteiger partial charge in [-0.1, -0.05) is 39.8 Å². The zero-order valence-corrected chi connectivity index (χ0v) is 14.4. The Balaban J connectivity index is 2.39. The monoisotopic (exact) mass is 288 g/mol. The molecule has 2 aliphatic carbocycles. The second-order valence-electron chi connectivity index (χ2n) is 8.72. The fourth-order valence-electron chi connectivity index (χ4n) is 5.26. The SMILES string of the molecule is C=CCC1(CC=C)C[C@@]2(C)CCC(C)(C)C[C@@H]2[C@@H](C)C1=O. The molecule has 0 amide bonds. The molecule has 0 bridgehead atoms. The minimum Gasteiger partial charge on any atom is -0.299 e. The summed E-state index contributed by atoms with van der Waals surface area (Å²) >= 11 is 0. The van der Waals surface area contributed by atoms with Crippen LogP contribution >= 0.6 is 0 Å². The Kier molecular flexibility index (Phi) is 4.26. The summed E-state index contributed by atoms with van der Waals surface area (Å²) in [6.45, 7) is 17.1. The molecule has 0 radical (unpaired) electrons. The molecule has 2 aliphatic rings. The molecule has 2 fully saturated rings. The Labute approximate surface area is 130 Å². The van der Waals surface area contributed by atoms with Crippen molar-refractivity contribution in [2.45, 2.75) is 66.2 Å². The fraction of sp³-hybridized carbons (Fsp3) is 0.750. The van der Waals surface area contributed by atoms with Crippen molar-refractivity contribution in [3.05, 3.63) is 25.3 Å². The van der Waals surface area contributed by atoms with Crippen molar-refractivity contribution in [2.24, 2.45) is 28.1 Å². The van der Waals surface area contributed by atoms with Crippen molar-refractivity contribution in [3.8, 4) is 0 Å². The Bertz CT molecular complexity index is 435. The van der Waals surface area contributed by atoms with Crippen LogP contribution in [0.25, 0.3) is 0 Å². The fourth-order valence-corrected chi connectivity index (χ4v) is 5.26. The van der Waals surface area contributed by atoms with Gasteiger partial charge in [-0.25, -0.2) is 0 Å². The Hall–Kier alpha value is -0.850. The third-order valence-electron chi connectivity index (χ3n) is 6.39. The first-order valence-corrected chi connectivity index (χ1v) is 8.46. The molecule has 0 aromatic carbocycles. The molecule has 118 valence electrons. The van der Waals surface area contributed by atoms with Gasteiger partial charge in [0.25, 0.3) is 0 Å². The highest BCUT2D eigenvalue weighted by atomic mass is 16.1. The van der Waals surface area contributed by atoms with Crippen LogP contribution in [0.1, 0.15) is 66.2 Å². The third kappa shape index (κ3) is 2.76. The summed E-state index contributed by atoms with van der Waals surface area (Å²) in [6, 6.07) is 0. The predicted octanol–water partition coefficient (Wildman–Crippen LogP) is 5.57. The van der Waals surface area contributed by atoms with E-state index in [1.54, 1.807) is 0 Å². The summed E-state index contributed by atoms with van der Waals surface area (Å²) in [5.41, 5.74) is 0.445. The van der Waals surface area contributed by atoms with E-state index in [9.17, 15) is 4.79 Å². The highest BCUT2D eigenvalue weighted by Crippen LogP contribution is 2.61. The molecule has 0 unspecified atom stereocenters. The topological polar surface area (TPSA) is 17.1 Å². The Morgan fingerprint density at radius 3 is 2.24 bits per heavy atom. The minimum atomic E-state index is -0.240. The minimum absolute atomic E-state index is 0.170. The maximum absolute atomic E-state index is 13.1. The number of allylic oxidation sites excluding steroid dienone is 2. The summed E-state index contributed by atoms with van der Waals surface area (Å²) in [5.74, 6) is 1.17. The van der Waals surface area contributed by atoms with Crippen LogP contribution in [-0.4, -0.2) is 5.78 Å². The zero-order chi connectivity index (χ0) is 15.9. The average Bonchev–Trinajstić information content (AvgIpc) is 2.39. The van der Waals surface area contributed by atoms with Crippen LogP contribution in [0.2, 0.25) is 0 Å².